The van der Waals surface area contributed by atoms with Crippen molar-refractivity contribution >= 4 is 17.6 Å². The van der Waals surface area contributed by atoms with Gasteiger partial charge >= 0.3 is 5.97 Å². The number of nitro groups is 1. The fourth-order valence-corrected chi connectivity index (χ4v) is 1.69. The summed E-state index contributed by atoms with van der Waals surface area (Å²) in [5.41, 5.74) is -0.834. The predicted molar refractivity (Wildman–Crippen MR) is 71.9 cm³/mol. The van der Waals surface area contributed by atoms with Crippen molar-refractivity contribution in [2.75, 3.05) is 13.1 Å². The summed E-state index contributed by atoms with van der Waals surface area (Å²) in [5.74, 6) is -1.50. The SMILES string of the molecule is CCN(CCC(=O)O)C(=O)Cn1cc([N+](=O)[O-])ccc1=O. The predicted octanol–water partition coefficient (Wildman–Crippen LogP) is 0.0797. The Labute approximate surface area is 119 Å². The van der Waals surface area contributed by atoms with Crippen LogP contribution in [0.15, 0.2) is 23.1 Å². The highest BCUT2D eigenvalue weighted by atomic mass is 16.6. The zero-order valence-electron chi connectivity index (χ0n) is 11.4. The van der Waals surface area contributed by atoms with Crippen LogP contribution in [-0.2, 0) is 16.1 Å². The van der Waals surface area contributed by atoms with E-state index in [1.807, 2.05) is 0 Å². The normalized spacial score (nSPS) is 10.1. The van der Waals surface area contributed by atoms with Crippen LogP contribution >= 0.6 is 0 Å². The summed E-state index contributed by atoms with van der Waals surface area (Å²) in [7, 11) is 0. The van der Waals surface area contributed by atoms with E-state index in [2.05, 4.69) is 0 Å². The summed E-state index contributed by atoms with van der Waals surface area (Å²) in [6, 6.07) is 2.07. The van der Waals surface area contributed by atoms with E-state index in [1.165, 1.54) is 4.90 Å². The molecule has 0 atom stereocenters. The molecular weight excluding hydrogens is 282 g/mol. The average molecular weight is 297 g/mol. The second-order valence-corrected chi connectivity index (χ2v) is 4.23. The number of carboxylic acid groups (broad SMARTS) is 1. The number of aromatic nitrogens is 1. The number of rotatable bonds is 7. The minimum atomic E-state index is -1.03. The topological polar surface area (TPSA) is 123 Å². The van der Waals surface area contributed by atoms with E-state index in [0.29, 0.717) is 0 Å². The Hall–Kier alpha value is -2.71. The van der Waals surface area contributed by atoms with Crippen LogP contribution in [-0.4, -0.2) is 44.5 Å². The fraction of sp³-hybridized carbons (Fsp3) is 0.417. The highest BCUT2D eigenvalue weighted by Gasteiger charge is 2.16. The standard InChI is InChI=1S/C12H15N3O6/c1-2-13(6-5-12(18)19)11(17)8-14-7-9(15(20)21)3-4-10(14)16/h3-4,7H,2,5-6,8H2,1H3,(H,18,19). The number of hydrogen-bond acceptors (Lipinski definition) is 5. The molecule has 1 aromatic rings. The van der Waals surface area contributed by atoms with Gasteiger partial charge in [0.25, 0.3) is 11.2 Å². The van der Waals surface area contributed by atoms with Gasteiger partial charge in [-0.05, 0) is 6.92 Å². The molecule has 0 spiro atoms. The van der Waals surface area contributed by atoms with E-state index in [1.54, 1.807) is 6.92 Å². The second-order valence-electron chi connectivity index (χ2n) is 4.23. The number of aliphatic carboxylic acids is 1. The molecule has 9 heteroatoms. The lowest BCUT2D eigenvalue weighted by Gasteiger charge is -2.20. The molecule has 0 aliphatic rings. The number of likely N-dealkylation sites (N-methyl/N-ethyl adjacent to an activating group) is 1. The Bertz CT molecular complexity index is 609. The maximum Gasteiger partial charge on any atom is 0.305 e. The number of nitrogens with zero attached hydrogens (tertiary/aromatic N) is 3. The number of carboxylic acids is 1. The first kappa shape index (κ1) is 16.3. The highest BCUT2D eigenvalue weighted by Crippen LogP contribution is 2.06. The summed E-state index contributed by atoms with van der Waals surface area (Å²) in [5, 5.41) is 19.3. The molecule has 0 saturated heterocycles. The molecule has 0 saturated carbocycles. The van der Waals surface area contributed by atoms with E-state index < -0.39 is 22.4 Å². The Kier molecular flexibility index (Phi) is 5.58. The fourth-order valence-electron chi connectivity index (χ4n) is 1.69. The van der Waals surface area contributed by atoms with Gasteiger partial charge in [0.15, 0.2) is 0 Å². The van der Waals surface area contributed by atoms with Gasteiger partial charge in [0.1, 0.15) is 6.54 Å². The van der Waals surface area contributed by atoms with Crippen LogP contribution in [0.2, 0.25) is 0 Å². The minimum absolute atomic E-state index is 0.0222. The van der Waals surface area contributed by atoms with Gasteiger partial charge in [0.2, 0.25) is 5.91 Å². The molecule has 0 radical (unpaired) electrons. The lowest BCUT2D eigenvalue weighted by molar-refractivity contribution is -0.385. The van der Waals surface area contributed by atoms with Gasteiger partial charge < -0.3 is 10.0 Å². The summed E-state index contributed by atoms with van der Waals surface area (Å²) in [6.07, 6.45) is 0.786. The van der Waals surface area contributed by atoms with Gasteiger partial charge in [-0.25, -0.2) is 0 Å². The zero-order valence-corrected chi connectivity index (χ0v) is 11.4. The van der Waals surface area contributed by atoms with E-state index >= 15 is 0 Å². The van der Waals surface area contributed by atoms with Crippen molar-refractivity contribution in [2.24, 2.45) is 0 Å². The molecule has 1 heterocycles. The number of pyridine rings is 1. The summed E-state index contributed by atoms with van der Waals surface area (Å²) >= 11 is 0. The first-order chi connectivity index (χ1) is 9.85. The molecule has 1 aromatic heterocycles. The van der Waals surface area contributed by atoms with Crippen molar-refractivity contribution in [2.45, 2.75) is 19.9 Å². The van der Waals surface area contributed by atoms with Crippen LogP contribution < -0.4 is 5.56 Å². The molecule has 1 rings (SSSR count). The maximum atomic E-state index is 12.0. The Morgan fingerprint density at radius 3 is 2.62 bits per heavy atom. The van der Waals surface area contributed by atoms with E-state index in [9.17, 15) is 24.5 Å². The van der Waals surface area contributed by atoms with Crippen LogP contribution in [0, 0.1) is 10.1 Å². The molecule has 9 nitrogen and oxygen atoms in total. The molecule has 0 bridgehead atoms. The molecule has 21 heavy (non-hydrogen) atoms. The molecule has 0 unspecified atom stereocenters. The second kappa shape index (κ2) is 7.17. The minimum Gasteiger partial charge on any atom is -0.481 e. The maximum absolute atomic E-state index is 12.0. The third-order valence-corrected chi connectivity index (χ3v) is 2.81. The molecule has 1 N–H and O–H groups in total. The Morgan fingerprint density at radius 2 is 2.10 bits per heavy atom. The summed E-state index contributed by atoms with van der Waals surface area (Å²) in [4.78, 5) is 45.3. The quantitative estimate of drug-likeness (QED) is 0.561. The van der Waals surface area contributed by atoms with Crippen molar-refractivity contribution in [3.63, 3.8) is 0 Å². The third-order valence-electron chi connectivity index (χ3n) is 2.81. The first-order valence-electron chi connectivity index (χ1n) is 6.19. The highest BCUT2D eigenvalue weighted by molar-refractivity contribution is 5.76. The van der Waals surface area contributed by atoms with Crippen LogP contribution in [0.4, 0.5) is 5.69 Å². The number of carbonyl (C=O) groups excluding carboxylic acids is 1. The van der Waals surface area contributed by atoms with Gasteiger partial charge in [-0.3, -0.25) is 29.1 Å². The van der Waals surface area contributed by atoms with Crippen LogP contribution in [0.25, 0.3) is 0 Å². The monoisotopic (exact) mass is 297 g/mol. The van der Waals surface area contributed by atoms with Crippen LogP contribution in [0.5, 0.6) is 0 Å². The molecule has 0 aromatic carbocycles. The number of amides is 1. The average Bonchev–Trinajstić information content (AvgIpc) is 2.41. The van der Waals surface area contributed by atoms with Crippen LogP contribution in [0.1, 0.15) is 13.3 Å². The lowest BCUT2D eigenvalue weighted by Crippen LogP contribution is -2.37. The van der Waals surface area contributed by atoms with E-state index in [4.69, 9.17) is 5.11 Å². The van der Waals surface area contributed by atoms with Crippen LogP contribution in [0.3, 0.4) is 0 Å². The van der Waals surface area contributed by atoms with Crippen molar-refractivity contribution in [3.8, 4) is 0 Å². The molecule has 0 aliphatic carbocycles. The van der Waals surface area contributed by atoms with Gasteiger partial charge in [-0.1, -0.05) is 0 Å². The van der Waals surface area contributed by atoms with E-state index in [0.717, 1.165) is 22.9 Å². The molecular formula is C12H15N3O6. The first-order valence-corrected chi connectivity index (χ1v) is 6.19. The molecule has 0 aliphatic heterocycles. The van der Waals surface area contributed by atoms with Crippen molar-refractivity contribution in [3.05, 3.63) is 38.8 Å². The van der Waals surface area contributed by atoms with Gasteiger partial charge in [-0.15, -0.1) is 0 Å². The molecule has 114 valence electrons. The summed E-state index contributed by atoms with van der Waals surface area (Å²) < 4.78 is 0.934. The largest absolute Gasteiger partial charge is 0.481 e. The van der Waals surface area contributed by atoms with Crippen molar-refractivity contribution in [1.82, 2.24) is 9.47 Å². The number of carbonyl (C=O) groups is 2. The lowest BCUT2D eigenvalue weighted by atomic mass is 10.3. The van der Waals surface area contributed by atoms with Gasteiger partial charge in [0.05, 0.1) is 17.5 Å². The van der Waals surface area contributed by atoms with Gasteiger partial charge in [-0.2, -0.15) is 0 Å². The molecule has 1 amide bonds. The number of hydrogen-bond donors (Lipinski definition) is 1. The van der Waals surface area contributed by atoms with E-state index in [-0.39, 0.29) is 31.7 Å². The van der Waals surface area contributed by atoms with Gasteiger partial charge in [0, 0.05) is 25.2 Å². The molecule has 0 fully saturated rings. The summed E-state index contributed by atoms with van der Waals surface area (Å²) in [6.45, 7) is 1.62. The zero-order chi connectivity index (χ0) is 16.0. The Balaban J connectivity index is 2.86. The Morgan fingerprint density at radius 1 is 1.43 bits per heavy atom. The van der Waals surface area contributed by atoms with Crippen molar-refractivity contribution in [1.29, 1.82) is 0 Å². The van der Waals surface area contributed by atoms with Crippen molar-refractivity contribution < 1.29 is 19.6 Å². The smallest absolute Gasteiger partial charge is 0.305 e. The third kappa shape index (κ3) is 4.71.